The summed E-state index contributed by atoms with van der Waals surface area (Å²) in [6.45, 7) is 5.06. The highest BCUT2D eigenvalue weighted by molar-refractivity contribution is 5.94. The molecule has 18 heteroatoms. The largest absolute Gasteiger partial charge is 0.501 e. The SMILES string of the molecule is Cc1nnc(C(=O)NC(C)(C)c2nc(C(=O)NCc3ccc(F)cc3)c(O)c(=O)n2C)o1.NC(N)=NCCC[C@H](N)C(=O)O. The summed E-state index contributed by atoms with van der Waals surface area (Å²) in [4.78, 5) is 55.6. The van der Waals surface area contributed by atoms with Gasteiger partial charge in [-0.2, -0.15) is 0 Å². The van der Waals surface area contributed by atoms with Crippen molar-refractivity contribution in [3.63, 3.8) is 0 Å². The van der Waals surface area contributed by atoms with Gasteiger partial charge in [-0.1, -0.05) is 12.1 Å². The summed E-state index contributed by atoms with van der Waals surface area (Å²) in [6, 6.07) is 4.62. The van der Waals surface area contributed by atoms with Gasteiger partial charge >= 0.3 is 17.8 Å². The highest BCUT2D eigenvalue weighted by Gasteiger charge is 2.32. The molecular weight excluding hydrogens is 583 g/mol. The number of carbonyl (C=O) groups is 3. The third-order valence-electron chi connectivity index (χ3n) is 5.84. The lowest BCUT2D eigenvalue weighted by molar-refractivity contribution is -0.138. The topological polar surface area (TPSA) is 280 Å². The maximum Gasteiger partial charge on any atom is 0.320 e. The van der Waals surface area contributed by atoms with Crippen LogP contribution in [0.2, 0.25) is 0 Å². The number of carboxylic acids is 1. The lowest BCUT2D eigenvalue weighted by atomic mass is 10.0. The van der Waals surface area contributed by atoms with E-state index in [0.29, 0.717) is 24.9 Å². The molecule has 0 spiro atoms. The minimum Gasteiger partial charge on any atom is -0.501 e. The average Bonchev–Trinajstić information content (AvgIpc) is 3.40. The summed E-state index contributed by atoms with van der Waals surface area (Å²) >= 11 is 0. The van der Waals surface area contributed by atoms with Crippen molar-refractivity contribution in [3.8, 4) is 5.75 Å². The van der Waals surface area contributed by atoms with Crippen LogP contribution in [0.1, 0.15) is 65.1 Å². The van der Waals surface area contributed by atoms with Crippen LogP contribution in [-0.4, -0.2) is 66.3 Å². The number of aliphatic imine (C=N–C) groups is 1. The highest BCUT2D eigenvalue weighted by Crippen LogP contribution is 2.20. The summed E-state index contributed by atoms with van der Waals surface area (Å²) in [6.07, 6.45) is 0.956. The van der Waals surface area contributed by atoms with E-state index in [2.05, 4.69) is 30.8 Å². The van der Waals surface area contributed by atoms with Crippen molar-refractivity contribution in [1.82, 2.24) is 30.4 Å². The number of nitrogens with one attached hydrogen (secondary N) is 2. The van der Waals surface area contributed by atoms with Crippen molar-refractivity contribution in [1.29, 1.82) is 0 Å². The van der Waals surface area contributed by atoms with E-state index in [1.165, 1.54) is 38.2 Å². The quantitative estimate of drug-likeness (QED) is 0.0801. The number of carbonyl (C=O) groups excluding carboxylic acids is 2. The predicted octanol–water partition coefficient (Wildman–Crippen LogP) is -0.637. The van der Waals surface area contributed by atoms with E-state index >= 15 is 0 Å². The lowest BCUT2D eigenvalue weighted by Gasteiger charge is -2.27. The van der Waals surface area contributed by atoms with Gasteiger partial charge in [0, 0.05) is 27.1 Å². The summed E-state index contributed by atoms with van der Waals surface area (Å²) < 4.78 is 19.1. The fraction of sp³-hybridized carbons (Fsp3) is 0.385. The predicted molar refractivity (Wildman–Crippen MR) is 154 cm³/mol. The van der Waals surface area contributed by atoms with Gasteiger partial charge in [-0.05, 0) is 44.4 Å². The van der Waals surface area contributed by atoms with E-state index in [4.69, 9.17) is 26.7 Å². The Balaban J connectivity index is 0.000000477. The van der Waals surface area contributed by atoms with Gasteiger partial charge in [0.1, 0.15) is 17.7 Å². The number of hydrogen-bond acceptors (Lipinski definition) is 11. The molecule has 3 rings (SSSR count). The number of nitrogens with zero attached hydrogens (tertiary/aromatic N) is 5. The molecular formula is C26H35FN10O7. The Hall–Kier alpha value is -5.39. The molecule has 0 aliphatic rings. The molecule has 238 valence electrons. The van der Waals surface area contributed by atoms with Crippen LogP contribution >= 0.6 is 0 Å². The molecule has 0 saturated heterocycles. The van der Waals surface area contributed by atoms with Crippen LogP contribution in [0.5, 0.6) is 5.75 Å². The van der Waals surface area contributed by atoms with E-state index in [0.717, 1.165) is 4.57 Å². The fourth-order valence-electron chi connectivity index (χ4n) is 3.60. The zero-order valence-electron chi connectivity index (χ0n) is 24.5. The number of aromatic hydroxyl groups is 1. The number of aryl methyl sites for hydroxylation is 1. The van der Waals surface area contributed by atoms with Crippen molar-refractivity contribution in [2.75, 3.05) is 6.54 Å². The smallest absolute Gasteiger partial charge is 0.320 e. The lowest BCUT2D eigenvalue weighted by Crippen LogP contribution is -2.46. The number of aromatic nitrogens is 4. The first kappa shape index (κ1) is 34.8. The Morgan fingerprint density at radius 1 is 1.16 bits per heavy atom. The normalized spacial score (nSPS) is 11.5. The molecule has 0 unspecified atom stereocenters. The third-order valence-corrected chi connectivity index (χ3v) is 5.84. The van der Waals surface area contributed by atoms with Crippen LogP contribution in [0.4, 0.5) is 4.39 Å². The van der Waals surface area contributed by atoms with Crippen molar-refractivity contribution in [2.24, 2.45) is 29.2 Å². The zero-order valence-corrected chi connectivity index (χ0v) is 24.5. The molecule has 2 heterocycles. The second kappa shape index (κ2) is 15.2. The number of hydrogen-bond donors (Lipinski definition) is 7. The molecule has 0 bridgehead atoms. The molecule has 0 aliphatic heterocycles. The summed E-state index contributed by atoms with van der Waals surface area (Å²) in [5, 5.41) is 30.9. The zero-order chi connectivity index (χ0) is 33.2. The first-order valence-electron chi connectivity index (χ1n) is 13.0. The maximum absolute atomic E-state index is 13.0. The number of guanidine groups is 1. The van der Waals surface area contributed by atoms with Gasteiger partial charge in [-0.3, -0.25) is 28.7 Å². The van der Waals surface area contributed by atoms with E-state index in [9.17, 15) is 28.7 Å². The van der Waals surface area contributed by atoms with Gasteiger partial charge in [-0.25, -0.2) is 9.37 Å². The molecule has 1 aromatic carbocycles. The van der Waals surface area contributed by atoms with Crippen LogP contribution in [-0.2, 0) is 23.9 Å². The number of benzene rings is 1. The summed E-state index contributed by atoms with van der Waals surface area (Å²) in [7, 11) is 1.34. The van der Waals surface area contributed by atoms with Crippen LogP contribution in [0, 0.1) is 12.7 Å². The van der Waals surface area contributed by atoms with Crippen molar-refractivity contribution in [2.45, 2.75) is 51.7 Å². The standard InChI is InChI=1S/C20H21FN6O5.C6H14N4O2/c1-10-25-26-17(32-10)16(30)24-20(2,3)19-23-13(14(28)18(31)27(19)4)15(29)22-9-11-5-7-12(21)8-6-11;7-4(5(11)12)2-1-3-10-6(8)9/h5-8,28H,9H2,1-4H3,(H,22,29)(H,24,30);4H,1-3,7H2,(H,11,12)(H4,8,9,10)/t;4-/m.0/s1. The molecule has 0 fully saturated rings. The van der Waals surface area contributed by atoms with Crippen LogP contribution in [0.25, 0.3) is 0 Å². The van der Waals surface area contributed by atoms with Crippen molar-refractivity contribution in [3.05, 3.63) is 69.3 Å². The fourth-order valence-corrected chi connectivity index (χ4v) is 3.60. The van der Waals surface area contributed by atoms with Gasteiger partial charge in [0.15, 0.2) is 11.7 Å². The molecule has 2 amide bonds. The Labute approximate surface area is 250 Å². The monoisotopic (exact) mass is 618 g/mol. The molecule has 1 atom stereocenters. The highest BCUT2D eigenvalue weighted by atomic mass is 19.1. The van der Waals surface area contributed by atoms with Crippen LogP contribution < -0.4 is 33.4 Å². The molecule has 0 saturated carbocycles. The molecule has 44 heavy (non-hydrogen) atoms. The van der Waals surface area contributed by atoms with Gasteiger partial charge < -0.3 is 42.5 Å². The number of halogens is 1. The summed E-state index contributed by atoms with van der Waals surface area (Å²) in [5.41, 5.74) is 13.3. The maximum atomic E-state index is 13.0. The van der Waals surface area contributed by atoms with Crippen molar-refractivity contribution < 1.29 is 33.4 Å². The van der Waals surface area contributed by atoms with E-state index in [-0.39, 0.29) is 30.1 Å². The number of amides is 2. The van der Waals surface area contributed by atoms with Gasteiger partial charge in [-0.15, -0.1) is 10.2 Å². The Morgan fingerprint density at radius 3 is 2.34 bits per heavy atom. The van der Waals surface area contributed by atoms with Crippen LogP contribution in [0.3, 0.4) is 0 Å². The van der Waals surface area contributed by atoms with E-state index in [1.54, 1.807) is 13.8 Å². The number of nitrogens with two attached hydrogens (primary N) is 3. The van der Waals surface area contributed by atoms with Crippen molar-refractivity contribution >= 4 is 23.7 Å². The average molecular weight is 619 g/mol. The second-order valence-electron chi connectivity index (χ2n) is 9.90. The van der Waals surface area contributed by atoms with Gasteiger partial charge in [0.25, 0.3) is 11.5 Å². The molecule has 3 aromatic rings. The molecule has 0 aliphatic carbocycles. The van der Waals surface area contributed by atoms with E-state index in [1.807, 2.05) is 0 Å². The molecule has 17 nitrogen and oxygen atoms in total. The Bertz CT molecular complexity index is 1560. The van der Waals surface area contributed by atoms with Crippen LogP contribution in [0.15, 0.2) is 38.5 Å². The molecule has 0 radical (unpaired) electrons. The molecule has 2 aromatic heterocycles. The van der Waals surface area contributed by atoms with Gasteiger partial charge in [0.05, 0.1) is 5.54 Å². The number of carboxylic acid groups (broad SMARTS) is 1. The molecule has 10 N–H and O–H groups in total. The third kappa shape index (κ3) is 9.86. The van der Waals surface area contributed by atoms with Gasteiger partial charge in [0.2, 0.25) is 11.6 Å². The minimum absolute atomic E-state index is 0.00294. The number of rotatable bonds is 11. The number of aliphatic carboxylic acids is 1. The Morgan fingerprint density at radius 2 is 1.80 bits per heavy atom. The second-order valence-corrected chi connectivity index (χ2v) is 9.90. The Kier molecular flexibility index (Phi) is 12.0. The van der Waals surface area contributed by atoms with E-state index < -0.39 is 52.2 Å². The summed E-state index contributed by atoms with van der Waals surface area (Å²) in [5.74, 6) is -3.87. The first-order chi connectivity index (χ1) is 20.5. The minimum atomic E-state index is -1.27. The first-order valence-corrected chi connectivity index (χ1v) is 13.0.